The molecule has 1 amide bonds. The van der Waals surface area contributed by atoms with Gasteiger partial charge in [0.05, 0.1) is 0 Å². The molecule has 104 valence electrons. The van der Waals surface area contributed by atoms with Gasteiger partial charge in [-0.1, -0.05) is 0 Å². The molecule has 0 saturated heterocycles. The van der Waals surface area contributed by atoms with Crippen LogP contribution in [-0.2, 0) is 9.53 Å². The average molecular weight is 276 g/mol. The quantitative estimate of drug-likeness (QED) is 0.726. The maximum Gasteiger partial charge on any atom is 0.404 e. The SMILES string of the molecule is NC(=O)OC(CCCl)CCCC1CCCC(=O)C1. The number of halogens is 1. The van der Waals surface area contributed by atoms with E-state index in [4.69, 9.17) is 22.1 Å². The topological polar surface area (TPSA) is 69.4 Å². The van der Waals surface area contributed by atoms with Crippen molar-refractivity contribution in [2.24, 2.45) is 11.7 Å². The van der Waals surface area contributed by atoms with Crippen molar-refractivity contribution >= 4 is 23.5 Å². The Balaban J connectivity index is 2.20. The number of amides is 1. The molecular formula is C13H22ClNO3. The molecular weight excluding hydrogens is 254 g/mol. The highest BCUT2D eigenvalue weighted by atomic mass is 35.5. The normalized spacial score (nSPS) is 21.6. The van der Waals surface area contributed by atoms with Crippen LogP contribution in [0.2, 0.25) is 0 Å². The van der Waals surface area contributed by atoms with Gasteiger partial charge in [0.15, 0.2) is 0 Å². The molecule has 0 radical (unpaired) electrons. The number of nitrogens with two attached hydrogens (primary N) is 1. The summed E-state index contributed by atoms with van der Waals surface area (Å²) in [5.41, 5.74) is 5.01. The fourth-order valence-electron chi connectivity index (χ4n) is 2.54. The summed E-state index contributed by atoms with van der Waals surface area (Å²) in [5.74, 6) is 1.35. The number of rotatable bonds is 7. The zero-order valence-corrected chi connectivity index (χ0v) is 11.5. The van der Waals surface area contributed by atoms with Crippen molar-refractivity contribution in [1.82, 2.24) is 0 Å². The van der Waals surface area contributed by atoms with Crippen LogP contribution in [0.15, 0.2) is 0 Å². The first-order chi connectivity index (χ1) is 8.61. The lowest BCUT2D eigenvalue weighted by Crippen LogP contribution is -2.23. The molecule has 0 aliphatic heterocycles. The van der Waals surface area contributed by atoms with Gasteiger partial charge in [0.25, 0.3) is 0 Å². The van der Waals surface area contributed by atoms with Crippen LogP contribution in [-0.4, -0.2) is 23.9 Å². The van der Waals surface area contributed by atoms with Crippen molar-refractivity contribution in [2.75, 3.05) is 5.88 Å². The average Bonchev–Trinajstić information content (AvgIpc) is 2.28. The third-order valence-electron chi connectivity index (χ3n) is 3.44. The molecule has 1 saturated carbocycles. The Hall–Kier alpha value is -0.770. The molecule has 5 heteroatoms. The van der Waals surface area contributed by atoms with Crippen molar-refractivity contribution in [3.63, 3.8) is 0 Å². The second kappa shape index (κ2) is 8.35. The van der Waals surface area contributed by atoms with Gasteiger partial charge in [0.1, 0.15) is 11.9 Å². The lowest BCUT2D eigenvalue weighted by molar-refractivity contribution is -0.121. The Bertz CT molecular complexity index is 283. The van der Waals surface area contributed by atoms with Gasteiger partial charge in [-0.3, -0.25) is 4.79 Å². The van der Waals surface area contributed by atoms with Crippen molar-refractivity contribution in [2.45, 2.75) is 57.5 Å². The Kier molecular flexibility index (Phi) is 7.09. The highest BCUT2D eigenvalue weighted by Gasteiger charge is 2.20. The lowest BCUT2D eigenvalue weighted by Gasteiger charge is -2.21. The standard InChI is InChI=1S/C13H22ClNO3/c14-8-7-12(18-13(15)17)6-2-4-10-3-1-5-11(16)9-10/h10,12H,1-9H2,(H2,15,17). The van der Waals surface area contributed by atoms with Crippen LogP contribution in [0.25, 0.3) is 0 Å². The lowest BCUT2D eigenvalue weighted by atomic mass is 9.84. The van der Waals surface area contributed by atoms with Gasteiger partial charge >= 0.3 is 6.09 Å². The summed E-state index contributed by atoms with van der Waals surface area (Å²) in [6.45, 7) is 0. The molecule has 0 bridgehead atoms. The summed E-state index contributed by atoms with van der Waals surface area (Å²) in [6.07, 6.45) is 6.09. The van der Waals surface area contributed by atoms with Crippen LogP contribution in [0.3, 0.4) is 0 Å². The highest BCUT2D eigenvalue weighted by molar-refractivity contribution is 6.17. The Morgan fingerprint density at radius 3 is 2.89 bits per heavy atom. The van der Waals surface area contributed by atoms with Crippen LogP contribution in [0.5, 0.6) is 0 Å². The Labute approximate surface area is 113 Å². The number of ketones is 1. The van der Waals surface area contributed by atoms with E-state index >= 15 is 0 Å². The van der Waals surface area contributed by atoms with Gasteiger partial charge in [-0.15, -0.1) is 11.6 Å². The van der Waals surface area contributed by atoms with E-state index in [2.05, 4.69) is 0 Å². The van der Waals surface area contributed by atoms with Crippen molar-refractivity contribution in [3.05, 3.63) is 0 Å². The third kappa shape index (κ3) is 6.24. The Morgan fingerprint density at radius 2 is 2.28 bits per heavy atom. The number of alkyl halides is 1. The summed E-state index contributed by atoms with van der Waals surface area (Å²) >= 11 is 5.65. The van der Waals surface area contributed by atoms with Crippen molar-refractivity contribution in [3.8, 4) is 0 Å². The molecule has 1 aliphatic rings. The van der Waals surface area contributed by atoms with E-state index in [1.54, 1.807) is 0 Å². The van der Waals surface area contributed by atoms with Gasteiger partial charge in [-0.25, -0.2) is 4.79 Å². The molecule has 0 aromatic heterocycles. The minimum atomic E-state index is -0.738. The van der Waals surface area contributed by atoms with Gasteiger partial charge < -0.3 is 10.5 Å². The van der Waals surface area contributed by atoms with E-state index in [0.29, 0.717) is 24.0 Å². The second-order valence-electron chi connectivity index (χ2n) is 4.97. The van der Waals surface area contributed by atoms with Gasteiger partial charge in [0.2, 0.25) is 0 Å². The van der Waals surface area contributed by atoms with E-state index in [1.165, 1.54) is 0 Å². The molecule has 1 fully saturated rings. The summed E-state index contributed by atoms with van der Waals surface area (Å²) in [4.78, 5) is 22.0. The first-order valence-corrected chi connectivity index (χ1v) is 7.19. The first kappa shape index (κ1) is 15.3. The first-order valence-electron chi connectivity index (χ1n) is 6.65. The number of carbonyl (C=O) groups is 2. The molecule has 0 aromatic rings. The number of ether oxygens (including phenoxy) is 1. The number of hydrogen-bond donors (Lipinski definition) is 1. The molecule has 0 heterocycles. The summed E-state index contributed by atoms with van der Waals surface area (Å²) < 4.78 is 4.99. The maximum atomic E-state index is 11.3. The molecule has 18 heavy (non-hydrogen) atoms. The third-order valence-corrected chi connectivity index (χ3v) is 3.65. The van der Waals surface area contributed by atoms with Gasteiger partial charge in [-0.05, 0) is 44.4 Å². The summed E-state index contributed by atoms with van der Waals surface area (Å²) in [6, 6.07) is 0. The Morgan fingerprint density at radius 1 is 1.50 bits per heavy atom. The predicted molar refractivity (Wildman–Crippen MR) is 70.6 cm³/mol. The van der Waals surface area contributed by atoms with E-state index in [-0.39, 0.29) is 6.10 Å². The van der Waals surface area contributed by atoms with Crippen LogP contribution in [0, 0.1) is 5.92 Å². The fraction of sp³-hybridized carbons (Fsp3) is 0.846. The molecule has 2 unspecified atom stereocenters. The number of Topliss-reactive ketones (excluding diaryl/α,β-unsaturated/α-hetero) is 1. The highest BCUT2D eigenvalue weighted by Crippen LogP contribution is 2.26. The molecule has 0 spiro atoms. The number of carbonyl (C=O) groups excluding carboxylic acids is 2. The fourth-order valence-corrected chi connectivity index (χ4v) is 2.79. The minimum absolute atomic E-state index is 0.181. The van der Waals surface area contributed by atoms with Crippen molar-refractivity contribution in [1.29, 1.82) is 0 Å². The van der Waals surface area contributed by atoms with E-state index in [0.717, 1.165) is 44.9 Å². The number of hydrogen-bond acceptors (Lipinski definition) is 3. The van der Waals surface area contributed by atoms with Crippen LogP contribution >= 0.6 is 11.6 Å². The number of primary amides is 1. The molecule has 2 atom stereocenters. The maximum absolute atomic E-state index is 11.3. The molecule has 2 N–H and O–H groups in total. The summed E-state index contributed by atoms with van der Waals surface area (Å²) in [7, 11) is 0. The minimum Gasteiger partial charge on any atom is -0.446 e. The van der Waals surface area contributed by atoms with Crippen LogP contribution in [0.1, 0.15) is 51.4 Å². The van der Waals surface area contributed by atoms with Crippen LogP contribution < -0.4 is 5.73 Å². The second-order valence-corrected chi connectivity index (χ2v) is 5.35. The zero-order valence-electron chi connectivity index (χ0n) is 10.7. The van der Waals surface area contributed by atoms with Crippen molar-refractivity contribution < 1.29 is 14.3 Å². The molecule has 4 nitrogen and oxygen atoms in total. The molecule has 1 aliphatic carbocycles. The van der Waals surface area contributed by atoms with Gasteiger partial charge in [0, 0.05) is 18.7 Å². The largest absolute Gasteiger partial charge is 0.446 e. The van der Waals surface area contributed by atoms with E-state index in [1.807, 2.05) is 0 Å². The van der Waals surface area contributed by atoms with E-state index in [9.17, 15) is 9.59 Å². The predicted octanol–water partition coefficient (Wildman–Crippen LogP) is 3.01. The van der Waals surface area contributed by atoms with Gasteiger partial charge in [-0.2, -0.15) is 0 Å². The smallest absolute Gasteiger partial charge is 0.404 e. The molecule has 1 rings (SSSR count). The van der Waals surface area contributed by atoms with E-state index < -0.39 is 6.09 Å². The molecule has 0 aromatic carbocycles. The van der Waals surface area contributed by atoms with Crippen LogP contribution in [0.4, 0.5) is 4.79 Å². The summed E-state index contributed by atoms with van der Waals surface area (Å²) in [5, 5.41) is 0. The zero-order chi connectivity index (χ0) is 13.4. The monoisotopic (exact) mass is 275 g/mol.